The first kappa shape index (κ1) is 15.0. The molecule has 0 aliphatic carbocycles. The molecule has 1 unspecified atom stereocenters. The topological polar surface area (TPSA) is 24.1 Å². The molecular formula is C8H20Cl2N2. The summed E-state index contributed by atoms with van der Waals surface area (Å²) in [6.07, 6.45) is 3.94. The van der Waals surface area contributed by atoms with Gasteiger partial charge < -0.3 is 10.6 Å². The van der Waals surface area contributed by atoms with Crippen molar-refractivity contribution in [2.24, 2.45) is 0 Å². The molecule has 2 nitrogen and oxygen atoms in total. The predicted octanol–water partition coefficient (Wildman–Crippen LogP) is 1.58. The monoisotopic (exact) mass is 214 g/mol. The van der Waals surface area contributed by atoms with Gasteiger partial charge in [-0.05, 0) is 32.4 Å². The summed E-state index contributed by atoms with van der Waals surface area (Å²) in [6, 6.07) is 0.744. The van der Waals surface area contributed by atoms with E-state index in [1.54, 1.807) is 0 Å². The van der Waals surface area contributed by atoms with Gasteiger partial charge in [-0.25, -0.2) is 0 Å². The summed E-state index contributed by atoms with van der Waals surface area (Å²) in [6.45, 7) is 5.76. The Bertz CT molecular complexity index is 85.1. The highest BCUT2D eigenvalue weighted by Gasteiger charge is 2.10. The zero-order valence-electron chi connectivity index (χ0n) is 7.64. The van der Waals surface area contributed by atoms with Gasteiger partial charge in [0, 0.05) is 12.6 Å². The highest BCUT2D eigenvalue weighted by Crippen LogP contribution is 2.00. The molecule has 1 fully saturated rings. The SMILES string of the molecule is CCCNC1CCCNC1.Cl.Cl. The third-order valence-corrected chi connectivity index (χ3v) is 1.98. The van der Waals surface area contributed by atoms with E-state index in [1.165, 1.54) is 38.9 Å². The standard InChI is InChI=1S/C8H18N2.2ClH/c1-2-5-10-8-4-3-6-9-7-8;;/h8-10H,2-7H2,1H3;2*1H. The molecule has 0 aromatic carbocycles. The molecule has 2 N–H and O–H groups in total. The van der Waals surface area contributed by atoms with Crippen molar-refractivity contribution in [3.05, 3.63) is 0 Å². The predicted molar refractivity (Wildman–Crippen MR) is 58.7 cm³/mol. The number of halogens is 2. The molecule has 1 aliphatic heterocycles. The fourth-order valence-corrected chi connectivity index (χ4v) is 1.37. The van der Waals surface area contributed by atoms with Crippen LogP contribution in [-0.4, -0.2) is 25.7 Å². The van der Waals surface area contributed by atoms with E-state index in [9.17, 15) is 0 Å². The minimum Gasteiger partial charge on any atom is -0.315 e. The first-order chi connectivity index (χ1) is 4.93. The van der Waals surface area contributed by atoms with Crippen LogP contribution >= 0.6 is 24.8 Å². The largest absolute Gasteiger partial charge is 0.315 e. The summed E-state index contributed by atoms with van der Waals surface area (Å²) in [5, 5.41) is 6.89. The van der Waals surface area contributed by atoms with E-state index in [2.05, 4.69) is 17.6 Å². The van der Waals surface area contributed by atoms with Gasteiger partial charge in [0.1, 0.15) is 0 Å². The van der Waals surface area contributed by atoms with E-state index in [0.717, 1.165) is 6.04 Å². The van der Waals surface area contributed by atoms with Crippen LogP contribution in [0.4, 0.5) is 0 Å². The normalized spacial score (nSPS) is 22.2. The first-order valence-electron chi connectivity index (χ1n) is 4.37. The summed E-state index contributed by atoms with van der Waals surface area (Å²) < 4.78 is 0. The quantitative estimate of drug-likeness (QED) is 0.746. The molecule has 4 heteroatoms. The van der Waals surface area contributed by atoms with Crippen LogP contribution in [0.3, 0.4) is 0 Å². The van der Waals surface area contributed by atoms with Crippen molar-refractivity contribution < 1.29 is 0 Å². The van der Waals surface area contributed by atoms with E-state index in [4.69, 9.17) is 0 Å². The van der Waals surface area contributed by atoms with E-state index in [0.29, 0.717) is 0 Å². The Morgan fingerprint density at radius 3 is 2.67 bits per heavy atom. The zero-order chi connectivity index (χ0) is 7.23. The molecule has 0 amide bonds. The third kappa shape index (κ3) is 6.06. The smallest absolute Gasteiger partial charge is 0.0192 e. The number of piperidine rings is 1. The Kier molecular flexibility index (Phi) is 12.0. The maximum Gasteiger partial charge on any atom is 0.0192 e. The second-order valence-corrected chi connectivity index (χ2v) is 3.00. The lowest BCUT2D eigenvalue weighted by atomic mass is 10.1. The van der Waals surface area contributed by atoms with Crippen LogP contribution in [0.5, 0.6) is 0 Å². The summed E-state index contributed by atoms with van der Waals surface area (Å²) in [7, 11) is 0. The van der Waals surface area contributed by atoms with Crippen molar-refractivity contribution in [3.8, 4) is 0 Å². The number of nitrogens with one attached hydrogen (secondary N) is 2. The molecule has 0 saturated carbocycles. The lowest BCUT2D eigenvalue weighted by molar-refractivity contribution is 0.391. The molecule has 1 aliphatic rings. The summed E-state index contributed by atoms with van der Waals surface area (Å²) in [5.41, 5.74) is 0. The second kappa shape index (κ2) is 9.59. The van der Waals surface area contributed by atoms with Gasteiger partial charge in [-0.15, -0.1) is 24.8 Å². The van der Waals surface area contributed by atoms with Gasteiger partial charge in [-0.3, -0.25) is 0 Å². The third-order valence-electron chi connectivity index (χ3n) is 1.98. The van der Waals surface area contributed by atoms with Crippen LogP contribution in [0.2, 0.25) is 0 Å². The van der Waals surface area contributed by atoms with E-state index < -0.39 is 0 Å². The molecule has 0 bridgehead atoms. The van der Waals surface area contributed by atoms with Gasteiger partial charge in [0.05, 0.1) is 0 Å². The molecule has 1 saturated heterocycles. The minimum atomic E-state index is 0. The van der Waals surface area contributed by atoms with Crippen LogP contribution in [0.15, 0.2) is 0 Å². The van der Waals surface area contributed by atoms with Gasteiger partial charge in [0.15, 0.2) is 0 Å². The fraction of sp³-hybridized carbons (Fsp3) is 1.00. The lowest BCUT2D eigenvalue weighted by Crippen LogP contribution is -2.43. The maximum atomic E-state index is 3.51. The minimum absolute atomic E-state index is 0. The molecule has 1 atom stereocenters. The molecule has 76 valence electrons. The summed E-state index contributed by atoms with van der Waals surface area (Å²) in [4.78, 5) is 0. The van der Waals surface area contributed by atoms with Crippen LogP contribution in [0.25, 0.3) is 0 Å². The summed E-state index contributed by atoms with van der Waals surface area (Å²) in [5.74, 6) is 0. The van der Waals surface area contributed by atoms with E-state index in [1.807, 2.05) is 0 Å². The summed E-state index contributed by atoms with van der Waals surface area (Å²) >= 11 is 0. The molecule has 0 aromatic rings. The first-order valence-corrected chi connectivity index (χ1v) is 4.37. The number of rotatable bonds is 3. The van der Waals surface area contributed by atoms with Crippen molar-refractivity contribution in [2.75, 3.05) is 19.6 Å². The highest BCUT2D eigenvalue weighted by molar-refractivity contribution is 5.85. The van der Waals surface area contributed by atoms with Crippen molar-refractivity contribution in [3.63, 3.8) is 0 Å². The van der Waals surface area contributed by atoms with Crippen LogP contribution in [0.1, 0.15) is 26.2 Å². The Labute approximate surface area is 87.7 Å². The van der Waals surface area contributed by atoms with Crippen LogP contribution < -0.4 is 10.6 Å². The molecule has 12 heavy (non-hydrogen) atoms. The highest BCUT2D eigenvalue weighted by atomic mass is 35.5. The number of hydrogen-bond acceptors (Lipinski definition) is 2. The Morgan fingerprint density at radius 2 is 2.17 bits per heavy atom. The maximum absolute atomic E-state index is 3.51. The van der Waals surface area contributed by atoms with Crippen molar-refractivity contribution in [1.82, 2.24) is 10.6 Å². The average molecular weight is 215 g/mol. The lowest BCUT2D eigenvalue weighted by Gasteiger charge is -2.23. The van der Waals surface area contributed by atoms with Crippen LogP contribution in [0, 0.1) is 0 Å². The molecular weight excluding hydrogens is 195 g/mol. The molecule has 0 radical (unpaired) electrons. The zero-order valence-corrected chi connectivity index (χ0v) is 9.27. The molecule has 1 rings (SSSR count). The van der Waals surface area contributed by atoms with Gasteiger partial charge >= 0.3 is 0 Å². The Hall–Kier alpha value is 0.500. The van der Waals surface area contributed by atoms with Gasteiger partial charge in [-0.2, -0.15) is 0 Å². The Morgan fingerprint density at radius 1 is 1.42 bits per heavy atom. The van der Waals surface area contributed by atoms with E-state index >= 15 is 0 Å². The van der Waals surface area contributed by atoms with Gasteiger partial charge in [0.2, 0.25) is 0 Å². The Balaban J connectivity index is 0. The average Bonchev–Trinajstić information content (AvgIpc) is 2.03. The second-order valence-electron chi connectivity index (χ2n) is 3.00. The van der Waals surface area contributed by atoms with Gasteiger partial charge in [0.25, 0.3) is 0 Å². The molecule has 0 aromatic heterocycles. The van der Waals surface area contributed by atoms with Crippen molar-refractivity contribution in [2.45, 2.75) is 32.2 Å². The fourth-order valence-electron chi connectivity index (χ4n) is 1.37. The van der Waals surface area contributed by atoms with Crippen molar-refractivity contribution in [1.29, 1.82) is 0 Å². The molecule has 0 spiro atoms. The number of hydrogen-bond donors (Lipinski definition) is 2. The van der Waals surface area contributed by atoms with E-state index in [-0.39, 0.29) is 24.8 Å². The van der Waals surface area contributed by atoms with Crippen LogP contribution in [-0.2, 0) is 0 Å². The van der Waals surface area contributed by atoms with Gasteiger partial charge in [-0.1, -0.05) is 6.92 Å². The van der Waals surface area contributed by atoms with Crippen molar-refractivity contribution >= 4 is 24.8 Å². The molecule has 1 heterocycles.